The number of piperidine rings is 2. The number of anilines is 1. The second-order valence-electron chi connectivity index (χ2n) is 7.61. The molecular weight excluding hydrogens is 403 g/mol. The minimum Gasteiger partial charge on any atom is -0.444 e. The van der Waals surface area contributed by atoms with Crippen LogP contribution in [0, 0.1) is 5.82 Å². The van der Waals surface area contributed by atoms with Crippen molar-refractivity contribution in [2.75, 3.05) is 18.0 Å². The Bertz CT molecular complexity index is 675. The van der Waals surface area contributed by atoms with Gasteiger partial charge in [-0.1, -0.05) is 15.9 Å². The second kappa shape index (κ2) is 7.35. The molecule has 7 heteroatoms. The molecule has 3 unspecified atom stereocenters. The van der Waals surface area contributed by atoms with Crippen LogP contribution in [0.2, 0.25) is 0 Å². The second-order valence-corrected chi connectivity index (χ2v) is 8.52. The first-order valence-corrected chi connectivity index (χ1v) is 10.2. The highest BCUT2D eigenvalue weighted by Crippen LogP contribution is 2.36. The van der Waals surface area contributed by atoms with E-state index in [4.69, 9.17) is 4.74 Å². The molecule has 1 aromatic rings. The van der Waals surface area contributed by atoms with Gasteiger partial charge in [-0.05, 0) is 56.7 Å². The maximum Gasteiger partial charge on any atom is 0.410 e. The number of nitrogens with zero attached hydrogens (tertiary/aromatic N) is 2. The minimum atomic E-state index is -0.304. The Kier molecular flexibility index (Phi) is 5.10. The Morgan fingerprint density at radius 2 is 1.96 bits per heavy atom. The molecule has 1 amide bonds. The molecule has 0 saturated carbocycles. The van der Waals surface area contributed by atoms with E-state index >= 15 is 0 Å². The first-order valence-electron chi connectivity index (χ1n) is 9.38. The molecule has 3 aliphatic rings. The maximum absolute atomic E-state index is 14.3. The molecule has 1 aromatic carbocycles. The third-order valence-electron chi connectivity index (χ3n) is 5.82. The van der Waals surface area contributed by atoms with Crippen molar-refractivity contribution in [2.24, 2.45) is 0 Å². The number of hydrogen-bond acceptors (Lipinski definition) is 4. The third kappa shape index (κ3) is 3.56. The number of rotatable bonds is 2. The van der Waals surface area contributed by atoms with E-state index < -0.39 is 0 Å². The average Bonchev–Trinajstić information content (AvgIpc) is 2.87. The third-order valence-corrected chi connectivity index (χ3v) is 6.31. The van der Waals surface area contributed by atoms with E-state index in [1.54, 1.807) is 6.07 Å². The molecule has 1 N–H and O–H groups in total. The van der Waals surface area contributed by atoms with Gasteiger partial charge in [-0.15, -0.1) is 0 Å². The van der Waals surface area contributed by atoms with E-state index in [0.717, 1.165) is 32.2 Å². The molecule has 0 spiro atoms. The monoisotopic (exact) mass is 426 g/mol. The number of amides is 1. The zero-order chi connectivity index (χ0) is 18.3. The Labute approximate surface area is 161 Å². The van der Waals surface area contributed by atoms with Crippen LogP contribution in [0.4, 0.5) is 14.9 Å². The molecule has 0 radical (unpaired) electrons. The van der Waals surface area contributed by atoms with Gasteiger partial charge in [0.15, 0.2) is 0 Å². The van der Waals surface area contributed by atoms with Gasteiger partial charge in [-0.2, -0.15) is 0 Å². The highest BCUT2D eigenvalue weighted by Gasteiger charge is 2.44. The number of ether oxygens (including phenoxy) is 1. The van der Waals surface area contributed by atoms with Crippen molar-refractivity contribution < 1.29 is 19.0 Å². The summed E-state index contributed by atoms with van der Waals surface area (Å²) < 4.78 is 20.8. The van der Waals surface area contributed by atoms with Gasteiger partial charge in [-0.25, -0.2) is 9.18 Å². The number of carbonyl (C=O) groups excluding carboxylic acids is 1. The molecule has 3 atom stereocenters. The van der Waals surface area contributed by atoms with Gasteiger partial charge in [-0.3, -0.25) is 0 Å². The number of halogens is 2. The van der Waals surface area contributed by atoms with Crippen LogP contribution in [0.3, 0.4) is 0 Å². The van der Waals surface area contributed by atoms with Gasteiger partial charge in [0.25, 0.3) is 0 Å². The molecular formula is C19H24BrFN2O3. The number of carbonyl (C=O) groups is 1. The van der Waals surface area contributed by atoms with Gasteiger partial charge in [0.2, 0.25) is 0 Å². The van der Waals surface area contributed by atoms with Crippen LogP contribution in [0.15, 0.2) is 22.7 Å². The summed E-state index contributed by atoms with van der Waals surface area (Å²) in [5.74, 6) is -0.269. The molecule has 3 fully saturated rings. The lowest BCUT2D eigenvalue weighted by molar-refractivity contribution is 0.00640. The largest absolute Gasteiger partial charge is 0.444 e. The van der Waals surface area contributed by atoms with Crippen molar-refractivity contribution >= 4 is 27.7 Å². The van der Waals surface area contributed by atoms with E-state index in [0.29, 0.717) is 29.5 Å². The molecule has 3 aliphatic heterocycles. The van der Waals surface area contributed by atoms with Gasteiger partial charge in [0.05, 0.1) is 18.3 Å². The first-order chi connectivity index (χ1) is 12.5. The Balaban J connectivity index is 1.40. The molecule has 3 saturated heterocycles. The fraction of sp³-hybridized carbons (Fsp3) is 0.632. The molecule has 0 aliphatic carbocycles. The Morgan fingerprint density at radius 1 is 1.23 bits per heavy atom. The maximum atomic E-state index is 14.3. The van der Waals surface area contributed by atoms with Crippen LogP contribution in [-0.4, -0.2) is 53.5 Å². The van der Waals surface area contributed by atoms with E-state index in [1.165, 1.54) is 6.07 Å². The summed E-state index contributed by atoms with van der Waals surface area (Å²) in [6.07, 6.45) is 4.03. The van der Waals surface area contributed by atoms with Crippen LogP contribution in [0.25, 0.3) is 0 Å². The lowest BCUT2D eigenvalue weighted by atomic mass is 10.0. The molecule has 3 heterocycles. The Hall–Kier alpha value is -1.34. The van der Waals surface area contributed by atoms with Crippen LogP contribution in [-0.2, 0) is 4.74 Å². The zero-order valence-corrected chi connectivity index (χ0v) is 16.2. The summed E-state index contributed by atoms with van der Waals surface area (Å²) in [7, 11) is 0. The zero-order valence-electron chi connectivity index (χ0n) is 14.6. The van der Waals surface area contributed by atoms with Gasteiger partial charge >= 0.3 is 6.09 Å². The fourth-order valence-electron chi connectivity index (χ4n) is 4.64. The van der Waals surface area contributed by atoms with Crippen LogP contribution >= 0.6 is 15.9 Å². The summed E-state index contributed by atoms with van der Waals surface area (Å²) in [5.41, 5.74) is 0.551. The topological polar surface area (TPSA) is 53.0 Å². The van der Waals surface area contributed by atoms with E-state index in [9.17, 15) is 14.3 Å². The molecule has 26 heavy (non-hydrogen) atoms. The fourth-order valence-corrected chi connectivity index (χ4v) is 4.97. The molecule has 4 rings (SSSR count). The van der Waals surface area contributed by atoms with Crippen molar-refractivity contribution in [3.63, 3.8) is 0 Å². The number of aliphatic hydroxyl groups excluding tert-OH is 1. The van der Waals surface area contributed by atoms with E-state index in [1.807, 2.05) is 15.9 Å². The number of hydrogen-bond donors (Lipinski definition) is 1. The van der Waals surface area contributed by atoms with Crippen molar-refractivity contribution in [1.29, 1.82) is 0 Å². The smallest absolute Gasteiger partial charge is 0.410 e. The average molecular weight is 427 g/mol. The summed E-state index contributed by atoms with van der Waals surface area (Å²) in [5, 5.41) is 9.89. The predicted molar refractivity (Wildman–Crippen MR) is 99.7 cm³/mol. The van der Waals surface area contributed by atoms with Crippen molar-refractivity contribution in [3.8, 4) is 0 Å². The van der Waals surface area contributed by atoms with Gasteiger partial charge in [0.1, 0.15) is 11.9 Å². The minimum absolute atomic E-state index is 0.0971. The summed E-state index contributed by atoms with van der Waals surface area (Å²) in [6.45, 7) is 1.27. The van der Waals surface area contributed by atoms with Crippen LogP contribution < -0.4 is 4.90 Å². The van der Waals surface area contributed by atoms with Crippen LogP contribution in [0.5, 0.6) is 0 Å². The number of fused-ring (bicyclic) bond motifs is 2. The molecule has 142 valence electrons. The quantitative estimate of drug-likeness (QED) is 0.783. The van der Waals surface area contributed by atoms with Gasteiger partial charge in [0, 0.05) is 23.1 Å². The summed E-state index contributed by atoms with van der Waals surface area (Å²) >= 11 is 3.28. The summed E-state index contributed by atoms with van der Waals surface area (Å²) in [4.78, 5) is 16.5. The van der Waals surface area contributed by atoms with Crippen molar-refractivity contribution in [2.45, 2.75) is 62.8 Å². The van der Waals surface area contributed by atoms with E-state index in [-0.39, 0.29) is 36.2 Å². The van der Waals surface area contributed by atoms with E-state index in [2.05, 4.69) is 15.9 Å². The molecule has 5 nitrogen and oxygen atoms in total. The lowest BCUT2D eigenvalue weighted by Crippen LogP contribution is -2.50. The standard InChI is InChI=1S/C19H24BrFN2O3/c20-12-3-6-18(17(21)8-12)22-7-1-2-16(11-22)26-19(25)23-13-4-5-14(23)10-15(24)9-13/h3,6,8,13-16,24H,1-2,4-5,7,9-11H2. The van der Waals surface area contributed by atoms with Crippen molar-refractivity contribution in [1.82, 2.24) is 4.90 Å². The first kappa shape index (κ1) is 18.0. The highest BCUT2D eigenvalue weighted by atomic mass is 79.9. The number of benzene rings is 1. The predicted octanol–water partition coefficient (Wildman–Crippen LogP) is 3.68. The van der Waals surface area contributed by atoms with Crippen LogP contribution in [0.1, 0.15) is 38.5 Å². The Morgan fingerprint density at radius 3 is 2.65 bits per heavy atom. The molecule has 0 aromatic heterocycles. The normalized spacial score (nSPS) is 31.2. The summed E-state index contributed by atoms with van der Waals surface area (Å²) in [6, 6.07) is 5.24. The SMILES string of the molecule is O=C(OC1CCCN(c2ccc(Br)cc2F)C1)N1C2CCC1CC(O)C2. The van der Waals surface area contributed by atoms with Crippen molar-refractivity contribution in [3.05, 3.63) is 28.5 Å². The number of aliphatic hydroxyl groups is 1. The highest BCUT2D eigenvalue weighted by molar-refractivity contribution is 9.10. The molecule has 2 bridgehead atoms. The van der Waals surface area contributed by atoms with Gasteiger partial charge < -0.3 is 19.6 Å². The lowest BCUT2D eigenvalue weighted by Gasteiger charge is -2.39.